The van der Waals surface area contributed by atoms with Gasteiger partial charge in [0.05, 0.1) is 0 Å². The standard InChI is InChI=1S/C20H30O2/c1-13(2)15-6-9-18-16(12-15)7-8-17(14(3)4)20(18,5)11-10-19(21)22/h7,12-13,17-18H,3,6,8-11H2,1-2,4-5H3,(H,21,22)/t17-,18-,20-/m0/s1. The van der Waals surface area contributed by atoms with E-state index in [0.717, 1.165) is 25.7 Å². The molecule has 0 aromatic carbocycles. The first-order valence-electron chi connectivity index (χ1n) is 8.53. The summed E-state index contributed by atoms with van der Waals surface area (Å²) < 4.78 is 0. The second kappa shape index (κ2) is 6.44. The molecule has 2 nitrogen and oxygen atoms in total. The van der Waals surface area contributed by atoms with Crippen LogP contribution in [0, 0.1) is 23.2 Å². The molecule has 0 bridgehead atoms. The smallest absolute Gasteiger partial charge is 0.303 e. The zero-order valence-corrected chi connectivity index (χ0v) is 14.5. The van der Waals surface area contributed by atoms with Crippen LogP contribution < -0.4 is 0 Å². The van der Waals surface area contributed by atoms with Crippen LogP contribution in [0.5, 0.6) is 0 Å². The first-order chi connectivity index (χ1) is 10.3. The lowest BCUT2D eigenvalue weighted by atomic mass is 9.55. The summed E-state index contributed by atoms with van der Waals surface area (Å²) >= 11 is 0. The van der Waals surface area contributed by atoms with E-state index in [1.807, 2.05) is 0 Å². The summed E-state index contributed by atoms with van der Waals surface area (Å²) in [6.45, 7) is 13.1. The van der Waals surface area contributed by atoms with Crippen molar-refractivity contribution in [1.29, 1.82) is 0 Å². The van der Waals surface area contributed by atoms with Crippen molar-refractivity contribution in [3.05, 3.63) is 35.5 Å². The van der Waals surface area contributed by atoms with E-state index >= 15 is 0 Å². The number of fused-ring (bicyclic) bond motifs is 1. The Morgan fingerprint density at radius 1 is 1.50 bits per heavy atom. The third-order valence-electron chi connectivity index (χ3n) is 5.87. The van der Waals surface area contributed by atoms with Crippen molar-refractivity contribution >= 4 is 5.97 Å². The Labute approximate surface area is 135 Å². The molecule has 1 N–H and O–H groups in total. The quantitative estimate of drug-likeness (QED) is 0.693. The molecular weight excluding hydrogens is 272 g/mol. The largest absolute Gasteiger partial charge is 0.481 e. The average Bonchev–Trinajstić information content (AvgIpc) is 2.44. The summed E-state index contributed by atoms with van der Waals surface area (Å²) in [6.07, 6.45) is 9.07. The van der Waals surface area contributed by atoms with Crippen LogP contribution in [0.1, 0.15) is 59.8 Å². The van der Waals surface area contributed by atoms with E-state index < -0.39 is 5.97 Å². The molecule has 0 radical (unpaired) electrons. The van der Waals surface area contributed by atoms with E-state index in [2.05, 4.69) is 46.4 Å². The minimum atomic E-state index is -0.688. The molecule has 0 amide bonds. The van der Waals surface area contributed by atoms with Crippen molar-refractivity contribution in [3.8, 4) is 0 Å². The Morgan fingerprint density at radius 3 is 2.73 bits per heavy atom. The van der Waals surface area contributed by atoms with Gasteiger partial charge >= 0.3 is 5.97 Å². The number of rotatable bonds is 5. The normalized spacial score (nSPS) is 31.3. The van der Waals surface area contributed by atoms with Gasteiger partial charge in [-0.2, -0.15) is 0 Å². The molecule has 2 aliphatic rings. The number of allylic oxidation sites excluding steroid dienone is 5. The maximum Gasteiger partial charge on any atom is 0.303 e. The highest BCUT2D eigenvalue weighted by atomic mass is 16.4. The number of carboxylic acids is 1. The second-order valence-corrected chi connectivity index (χ2v) is 7.70. The van der Waals surface area contributed by atoms with Gasteiger partial charge in [0.1, 0.15) is 0 Å². The Balaban J connectivity index is 2.35. The van der Waals surface area contributed by atoms with Crippen LogP contribution in [-0.4, -0.2) is 11.1 Å². The molecule has 0 saturated heterocycles. The van der Waals surface area contributed by atoms with Crippen molar-refractivity contribution in [3.63, 3.8) is 0 Å². The highest BCUT2D eigenvalue weighted by molar-refractivity contribution is 5.66. The van der Waals surface area contributed by atoms with Gasteiger partial charge in [-0.05, 0) is 61.3 Å². The molecule has 122 valence electrons. The number of aliphatic carboxylic acids is 1. The van der Waals surface area contributed by atoms with E-state index in [1.165, 1.54) is 16.7 Å². The van der Waals surface area contributed by atoms with Gasteiger partial charge in [0, 0.05) is 6.42 Å². The van der Waals surface area contributed by atoms with E-state index in [9.17, 15) is 4.79 Å². The first kappa shape index (κ1) is 17.1. The van der Waals surface area contributed by atoms with Crippen molar-refractivity contribution in [2.24, 2.45) is 23.2 Å². The Bertz CT molecular complexity index is 524. The van der Waals surface area contributed by atoms with E-state index in [0.29, 0.717) is 17.8 Å². The van der Waals surface area contributed by atoms with Crippen LogP contribution in [0.4, 0.5) is 0 Å². The summed E-state index contributed by atoms with van der Waals surface area (Å²) in [7, 11) is 0. The topological polar surface area (TPSA) is 37.3 Å². The predicted octanol–water partition coefficient (Wildman–Crippen LogP) is 5.37. The van der Waals surface area contributed by atoms with Gasteiger partial charge in [-0.15, -0.1) is 0 Å². The predicted molar refractivity (Wildman–Crippen MR) is 91.6 cm³/mol. The van der Waals surface area contributed by atoms with Gasteiger partial charge in [0.15, 0.2) is 0 Å². The molecule has 0 saturated carbocycles. The summed E-state index contributed by atoms with van der Waals surface area (Å²) in [5, 5.41) is 9.15. The average molecular weight is 302 g/mol. The fraction of sp³-hybridized carbons (Fsp3) is 0.650. The summed E-state index contributed by atoms with van der Waals surface area (Å²) in [4.78, 5) is 11.1. The zero-order chi connectivity index (χ0) is 16.5. The molecular formula is C20H30O2. The van der Waals surface area contributed by atoms with Crippen LogP contribution in [0.15, 0.2) is 35.5 Å². The lowest BCUT2D eigenvalue weighted by Crippen LogP contribution is -2.41. The molecule has 3 atom stereocenters. The lowest BCUT2D eigenvalue weighted by molar-refractivity contribution is -0.138. The van der Waals surface area contributed by atoms with Crippen LogP contribution in [-0.2, 0) is 4.79 Å². The molecule has 2 rings (SSSR count). The maximum atomic E-state index is 11.1. The van der Waals surface area contributed by atoms with E-state index in [1.54, 1.807) is 0 Å². The first-order valence-corrected chi connectivity index (χ1v) is 8.53. The van der Waals surface area contributed by atoms with Crippen molar-refractivity contribution in [2.45, 2.75) is 59.8 Å². The Morgan fingerprint density at radius 2 is 2.18 bits per heavy atom. The van der Waals surface area contributed by atoms with Crippen molar-refractivity contribution < 1.29 is 9.90 Å². The highest BCUT2D eigenvalue weighted by Crippen LogP contribution is 2.55. The molecule has 0 spiro atoms. The minimum absolute atomic E-state index is 0.0211. The molecule has 2 aliphatic carbocycles. The summed E-state index contributed by atoms with van der Waals surface area (Å²) in [5.41, 5.74) is 4.20. The number of hydrogen-bond donors (Lipinski definition) is 1. The van der Waals surface area contributed by atoms with E-state index in [4.69, 9.17) is 5.11 Å². The SMILES string of the molecule is C=C(C)[C@@H]1CC=C2C=C(C(C)C)CC[C@@H]2[C@@]1(C)CCC(=O)O. The maximum absolute atomic E-state index is 11.1. The molecule has 0 aromatic rings. The molecule has 0 unspecified atom stereocenters. The Kier molecular flexibility index (Phi) is 4.99. The van der Waals surface area contributed by atoms with Gasteiger partial charge in [-0.3, -0.25) is 4.79 Å². The van der Waals surface area contributed by atoms with Crippen molar-refractivity contribution in [1.82, 2.24) is 0 Å². The van der Waals surface area contributed by atoms with Crippen LogP contribution in [0.2, 0.25) is 0 Å². The van der Waals surface area contributed by atoms with E-state index in [-0.39, 0.29) is 11.8 Å². The lowest BCUT2D eigenvalue weighted by Gasteiger charge is -2.49. The fourth-order valence-electron chi connectivity index (χ4n) is 4.49. The van der Waals surface area contributed by atoms with Gasteiger partial charge in [-0.1, -0.05) is 50.6 Å². The molecule has 0 aliphatic heterocycles. The monoisotopic (exact) mass is 302 g/mol. The third kappa shape index (κ3) is 3.21. The molecule has 0 aromatic heterocycles. The third-order valence-corrected chi connectivity index (χ3v) is 5.87. The van der Waals surface area contributed by atoms with Crippen LogP contribution >= 0.6 is 0 Å². The summed E-state index contributed by atoms with van der Waals surface area (Å²) in [5.74, 6) is 0.789. The number of hydrogen-bond acceptors (Lipinski definition) is 1. The van der Waals surface area contributed by atoms with Gasteiger partial charge in [0.25, 0.3) is 0 Å². The molecule has 0 heterocycles. The Hall–Kier alpha value is -1.31. The molecule has 0 fully saturated rings. The van der Waals surface area contributed by atoms with Crippen molar-refractivity contribution in [2.75, 3.05) is 0 Å². The fourth-order valence-corrected chi connectivity index (χ4v) is 4.49. The van der Waals surface area contributed by atoms with Gasteiger partial charge < -0.3 is 5.11 Å². The number of carbonyl (C=O) groups is 1. The molecule has 2 heteroatoms. The second-order valence-electron chi connectivity index (χ2n) is 7.70. The van der Waals surface area contributed by atoms with Gasteiger partial charge in [0.2, 0.25) is 0 Å². The van der Waals surface area contributed by atoms with Gasteiger partial charge in [-0.25, -0.2) is 0 Å². The van der Waals surface area contributed by atoms with Crippen LogP contribution in [0.25, 0.3) is 0 Å². The molecule has 22 heavy (non-hydrogen) atoms. The highest BCUT2D eigenvalue weighted by Gasteiger charge is 2.45. The number of carboxylic acid groups (broad SMARTS) is 1. The summed E-state index contributed by atoms with van der Waals surface area (Å²) in [6, 6.07) is 0. The minimum Gasteiger partial charge on any atom is -0.481 e. The van der Waals surface area contributed by atoms with Crippen LogP contribution in [0.3, 0.4) is 0 Å². The zero-order valence-electron chi connectivity index (χ0n) is 14.5.